The lowest BCUT2D eigenvalue weighted by atomic mass is 10.1. The molecule has 0 amide bonds. The Morgan fingerprint density at radius 3 is 2.35 bits per heavy atom. The van der Waals surface area contributed by atoms with E-state index in [0.29, 0.717) is 22.8 Å². The normalized spacial score (nSPS) is 10.7. The molecule has 0 unspecified atom stereocenters. The maximum atomic E-state index is 12.4. The minimum absolute atomic E-state index is 0.224. The van der Waals surface area contributed by atoms with Gasteiger partial charge in [0.1, 0.15) is 6.61 Å². The predicted octanol–water partition coefficient (Wildman–Crippen LogP) is 5.56. The fourth-order valence-electron chi connectivity index (χ4n) is 2.80. The second-order valence-corrected chi connectivity index (χ2v) is 7.19. The van der Waals surface area contributed by atoms with Crippen molar-refractivity contribution in [1.82, 2.24) is 0 Å². The first kappa shape index (κ1) is 22.1. The largest absolute Gasteiger partial charge is 0.485 e. The summed E-state index contributed by atoms with van der Waals surface area (Å²) in [6, 6.07) is 21.8. The highest BCUT2D eigenvalue weighted by Gasteiger charge is 2.12. The van der Waals surface area contributed by atoms with Crippen molar-refractivity contribution in [3.8, 4) is 11.5 Å². The lowest BCUT2D eigenvalue weighted by Crippen LogP contribution is -2.10. The van der Waals surface area contributed by atoms with Crippen LogP contribution in [0.3, 0.4) is 0 Å². The number of carbonyl (C=O) groups excluding carboxylic acids is 1. The molecule has 0 atom stereocenters. The van der Waals surface area contributed by atoms with E-state index in [-0.39, 0.29) is 24.7 Å². The van der Waals surface area contributed by atoms with E-state index in [4.69, 9.17) is 26.2 Å². The number of aliphatic carboxylic acids is 1. The van der Waals surface area contributed by atoms with Crippen molar-refractivity contribution in [2.45, 2.75) is 19.4 Å². The summed E-state index contributed by atoms with van der Waals surface area (Å²) in [5.74, 6) is -0.816. The molecule has 3 rings (SSSR count). The minimum atomic E-state index is -1.06. The van der Waals surface area contributed by atoms with Crippen LogP contribution in [-0.2, 0) is 22.6 Å². The Labute approximate surface area is 185 Å². The van der Waals surface area contributed by atoms with Crippen LogP contribution in [0.1, 0.15) is 23.1 Å². The van der Waals surface area contributed by atoms with Crippen molar-refractivity contribution in [3.63, 3.8) is 0 Å². The summed E-state index contributed by atoms with van der Waals surface area (Å²) in [6.45, 7) is 0.234. The van der Waals surface area contributed by atoms with Gasteiger partial charge in [0.25, 0.3) is 0 Å². The first-order valence-electron chi connectivity index (χ1n) is 9.66. The van der Waals surface area contributed by atoms with Crippen LogP contribution in [0.4, 0.5) is 0 Å². The Balaban J connectivity index is 1.72. The van der Waals surface area contributed by atoms with Gasteiger partial charge in [-0.1, -0.05) is 60.1 Å². The topological polar surface area (TPSA) is 72.8 Å². The predicted molar refractivity (Wildman–Crippen MR) is 119 cm³/mol. The molecular weight excluding hydrogens is 416 g/mol. The summed E-state index contributed by atoms with van der Waals surface area (Å²) in [4.78, 5) is 23.2. The second kappa shape index (κ2) is 11.0. The highest BCUT2D eigenvalue weighted by molar-refractivity contribution is 6.30. The van der Waals surface area contributed by atoms with Crippen molar-refractivity contribution in [3.05, 3.63) is 101 Å². The zero-order valence-corrected chi connectivity index (χ0v) is 17.4. The van der Waals surface area contributed by atoms with E-state index in [0.717, 1.165) is 17.2 Å². The van der Waals surface area contributed by atoms with E-state index >= 15 is 0 Å². The lowest BCUT2D eigenvalue weighted by Gasteiger charge is -2.13. The van der Waals surface area contributed by atoms with Gasteiger partial charge in [0, 0.05) is 17.5 Å². The number of hydrogen-bond acceptors (Lipinski definition) is 4. The lowest BCUT2D eigenvalue weighted by molar-refractivity contribution is -0.134. The number of halogens is 1. The third-order valence-electron chi connectivity index (χ3n) is 4.38. The summed E-state index contributed by atoms with van der Waals surface area (Å²) < 4.78 is 11.4. The van der Waals surface area contributed by atoms with Crippen LogP contribution >= 0.6 is 11.6 Å². The van der Waals surface area contributed by atoms with Crippen molar-refractivity contribution >= 4 is 29.6 Å². The molecule has 1 N–H and O–H groups in total. The zero-order chi connectivity index (χ0) is 22.1. The Morgan fingerprint density at radius 2 is 1.65 bits per heavy atom. The molecule has 0 spiro atoms. The van der Waals surface area contributed by atoms with Gasteiger partial charge in [-0.15, -0.1) is 0 Å². The van der Waals surface area contributed by atoms with Crippen molar-refractivity contribution < 1.29 is 24.2 Å². The van der Waals surface area contributed by atoms with Gasteiger partial charge in [-0.3, -0.25) is 4.79 Å². The average molecular weight is 437 g/mol. The van der Waals surface area contributed by atoms with E-state index in [2.05, 4.69) is 0 Å². The van der Waals surface area contributed by atoms with Gasteiger partial charge in [-0.05, 0) is 53.5 Å². The second-order valence-electron chi connectivity index (χ2n) is 6.75. The van der Waals surface area contributed by atoms with Gasteiger partial charge >= 0.3 is 11.9 Å². The first-order valence-corrected chi connectivity index (χ1v) is 10.0. The number of esters is 1. The molecule has 6 heteroatoms. The molecule has 0 fully saturated rings. The molecule has 0 heterocycles. The number of carboxylic acid groups (broad SMARTS) is 1. The molecule has 3 aromatic rings. The Kier molecular flexibility index (Phi) is 7.85. The molecule has 3 aromatic carbocycles. The Morgan fingerprint density at radius 1 is 0.903 bits per heavy atom. The number of ether oxygens (including phenoxy) is 2. The highest BCUT2D eigenvalue weighted by Crippen LogP contribution is 2.30. The number of hydrogen-bond donors (Lipinski definition) is 1. The molecule has 158 valence electrons. The Bertz CT molecular complexity index is 1060. The van der Waals surface area contributed by atoms with E-state index in [1.54, 1.807) is 30.3 Å². The molecule has 0 aliphatic heterocycles. The van der Waals surface area contributed by atoms with Crippen LogP contribution in [0.25, 0.3) is 6.08 Å². The van der Waals surface area contributed by atoms with E-state index in [1.807, 2.05) is 42.5 Å². The van der Waals surface area contributed by atoms with Gasteiger partial charge in [0.05, 0.1) is 0 Å². The monoisotopic (exact) mass is 436 g/mol. The molecule has 31 heavy (non-hydrogen) atoms. The van der Waals surface area contributed by atoms with Crippen molar-refractivity contribution in [1.29, 1.82) is 0 Å². The molecule has 0 aliphatic rings. The van der Waals surface area contributed by atoms with Gasteiger partial charge in [-0.25, -0.2) is 4.79 Å². The van der Waals surface area contributed by atoms with E-state index in [1.165, 1.54) is 6.08 Å². The zero-order valence-electron chi connectivity index (χ0n) is 16.7. The highest BCUT2D eigenvalue weighted by atomic mass is 35.5. The number of carbonyl (C=O) groups is 2. The minimum Gasteiger partial charge on any atom is -0.485 e. The van der Waals surface area contributed by atoms with Gasteiger partial charge < -0.3 is 14.6 Å². The summed E-state index contributed by atoms with van der Waals surface area (Å²) in [5.41, 5.74) is 2.54. The molecule has 0 saturated heterocycles. The number of rotatable bonds is 9. The molecule has 0 saturated carbocycles. The molecule has 0 bridgehead atoms. The third-order valence-corrected chi connectivity index (χ3v) is 4.63. The number of aryl methyl sites for hydroxylation is 1. The van der Waals surface area contributed by atoms with Gasteiger partial charge in [0.15, 0.2) is 11.5 Å². The summed E-state index contributed by atoms with van der Waals surface area (Å²) in [7, 11) is 0. The molecule has 0 aromatic heterocycles. The fourth-order valence-corrected chi connectivity index (χ4v) is 2.93. The first-order chi connectivity index (χ1) is 15.0. The standard InChI is InChI=1S/C25H21ClO5/c26-21-11-6-20(7-12-21)17-30-23-16-19(9-14-24(27)28)8-13-22(23)31-25(29)15-10-18-4-2-1-3-5-18/h1-9,11-14,16H,10,15,17H2,(H,27,28)/b14-9+. The third kappa shape index (κ3) is 7.32. The SMILES string of the molecule is O=C(O)/C=C/c1ccc(OC(=O)CCc2ccccc2)c(OCc2ccc(Cl)cc2)c1. The molecule has 0 aliphatic carbocycles. The number of carboxylic acids is 1. The van der Waals surface area contributed by atoms with Crippen LogP contribution in [0, 0.1) is 0 Å². The maximum absolute atomic E-state index is 12.4. The molecular formula is C25H21ClO5. The van der Waals surface area contributed by atoms with Crippen LogP contribution < -0.4 is 9.47 Å². The quantitative estimate of drug-likeness (QED) is 0.270. The van der Waals surface area contributed by atoms with Gasteiger partial charge in [0.2, 0.25) is 0 Å². The van der Waals surface area contributed by atoms with Crippen LogP contribution in [0.15, 0.2) is 78.9 Å². The van der Waals surface area contributed by atoms with Crippen molar-refractivity contribution in [2.24, 2.45) is 0 Å². The van der Waals surface area contributed by atoms with E-state index < -0.39 is 5.97 Å². The molecule has 5 nitrogen and oxygen atoms in total. The summed E-state index contributed by atoms with van der Waals surface area (Å²) >= 11 is 5.91. The van der Waals surface area contributed by atoms with Gasteiger partial charge in [-0.2, -0.15) is 0 Å². The van der Waals surface area contributed by atoms with E-state index in [9.17, 15) is 9.59 Å². The Hall–Kier alpha value is -3.57. The van der Waals surface area contributed by atoms with Crippen LogP contribution in [0.5, 0.6) is 11.5 Å². The number of benzene rings is 3. The average Bonchev–Trinajstić information content (AvgIpc) is 2.77. The maximum Gasteiger partial charge on any atom is 0.328 e. The summed E-state index contributed by atoms with van der Waals surface area (Å²) in [6.07, 6.45) is 3.27. The fraction of sp³-hybridized carbons (Fsp3) is 0.120. The van der Waals surface area contributed by atoms with Crippen LogP contribution in [-0.4, -0.2) is 17.0 Å². The van der Waals surface area contributed by atoms with Crippen molar-refractivity contribution in [2.75, 3.05) is 0 Å². The molecule has 0 radical (unpaired) electrons. The smallest absolute Gasteiger partial charge is 0.328 e. The summed E-state index contributed by atoms with van der Waals surface area (Å²) in [5, 5.41) is 9.47. The van der Waals surface area contributed by atoms with Crippen LogP contribution in [0.2, 0.25) is 5.02 Å².